The zero-order chi connectivity index (χ0) is 15.1. The van der Waals surface area contributed by atoms with Gasteiger partial charge in [-0.2, -0.15) is 5.10 Å². The van der Waals surface area contributed by atoms with Gasteiger partial charge in [-0.25, -0.2) is 9.48 Å². The van der Waals surface area contributed by atoms with E-state index in [0.29, 0.717) is 18.9 Å². The maximum atomic E-state index is 11.8. The van der Waals surface area contributed by atoms with Crippen LogP contribution >= 0.6 is 0 Å². The number of rotatable bonds is 7. The summed E-state index contributed by atoms with van der Waals surface area (Å²) in [6.07, 6.45) is 3.34. The molecule has 0 bridgehead atoms. The van der Waals surface area contributed by atoms with Crippen molar-refractivity contribution in [1.29, 1.82) is 0 Å². The third kappa shape index (κ3) is 4.32. The fourth-order valence-electron chi connectivity index (χ4n) is 1.83. The maximum Gasteiger partial charge on any atom is 0.358 e. The Morgan fingerprint density at radius 1 is 1.29 bits per heavy atom. The number of carbonyl (C=O) groups excluding carboxylic acids is 1. The van der Waals surface area contributed by atoms with E-state index in [9.17, 15) is 4.79 Å². The van der Waals surface area contributed by atoms with Crippen LogP contribution in [0.25, 0.3) is 5.69 Å². The molecule has 6 heteroatoms. The number of aromatic nitrogens is 2. The molecule has 6 nitrogen and oxygen atoms in total. The van der Waals surface area contributed by atoms with Crippen LogP contribution in [0, 0.1) is 0 Å². The summed E-state index contributed by atoms with van der Waals surface area (Å²) in [7, 11) is 1.65. The Balaban J connectivity index is 1.92. The van der Waals surface area contributed by atoms with Crippen LogP contribution in [-0.4, -0.2) is 36.1 Å². The van der Waals surface area contributed by atoms with E-state index in [0.717, 1.165) is 18.5 Å². The van der Waals surface area contributed by atoms with Crippen molar-refractivity contribution < 1.29 is 14.3 Å². The number of hydrogen-bond acceptors (Lipinski definition) is 5. The minimum absolute atomic E-state index is 0.282. The third-order valence-electron chi connectivity index (χ3n) is 2.91. The standard InChI is InChI=1S/C15H19N3O3/c1-20-9-2-3-10-21-15(19)14-7-8-18(17-14)13-6-4-5-12(16)11-13/h4-8,11H,2-3,9-10,16H2,1H3. The Bertz CT molecular complexity index is 595. The number of methoxy groups -OCH3 is 1. The topological polar surface area (TPSA) is 79.4 Å². The van der Waals surface area contributed by atoms with Crippen LogP contribution in [0.4, 0.5) is 5.69 Å². The summed E-state index contributed by atoms with van der Waals surface area (Å²) in [6.45, 7) is 1.04. The molecule has 0 saturated carbocycles. The molecule has 2 rings (SSSR count). The summed E-state index contributed by atoms with van der Waals surface area (Å²) in [4.78, 5) is 11.8. The summed E-state index contributed by atoms with van der Waals surface area (Å²) in [5.41, 5.74) is 7.45. The molecule has 1 aromatic carbocycles. The Morgan fingerprint density at radius 3 is 2.86 bits per heavy atom. The Hall–Kier alpha value is -2.34. The van der Waals surface area contributed by atoms with Gasteiger partial charge in [0.1, 0.15) is 0 Å². The molecule has 0 fully saturated rings. The second kappa shape index (κ2) is 7.44. The zero-order valence-corrected chi connectivity index (χ0v) is 12.0. The van der Waals surface area contributed by atoms with Crippen molar-refractivity contribution in [2.45, 2.75) is 12.8 Å². The van der Waals surface area contributed by atoms with Crippen molar-refractivity contribution in [1.82, 2.24) is 9.78 Å². The number of nitrogens with zero attached hydrogens (tertiary/aromatic N) is 2. The lowest BCUT2D eigenvalue weighted by atomic mass is 10.3. The van der Waals surface area contributed by atoms with Crippen LogP contribution in [0.1, 0.15) is 23.3 Å². The van der Waals surface area contributed by atoms with E-state index < -0.39 is 5.97 Å². The molecule has 0 amide bonds. The van der Waals surface area contributed by atoms with Crippen molar-refractivity contribution in [2.24, 2.45) is 0 Å². The minimum atomic E-state index is -0.421. The number of nitrogens with two attached hydrogens (primary N) is 1. The number of anilines is 1. The number of unbranched alkanes of at least 4 members (excludes halogenated alkanes) is 1. The number of benzene rings is 1. The molecule has 0 aliphatic rings. The van der Waals surface area contributed by atoms with Crippen LogP contribution in [0.5, 0.6) is 0 Å². The highest BCUT2D eigenvalue weighted by Crippen LogP contribution is 2.12. The van der Waals surface area contributed by atoms with Gasteiger partial charge in [0.2, 0.25) is 0 Å². The molecular weight excluding hydrogens is 270 g/mol. The predicted molar refractivity (Wildman–Crippen MR) is 79.4 cm³/mol. The van der Waals surface area contributed by atoms with Crippen molar-refractivity contribution in [3.05, 3.63) is 42.2 Å². The van der Waals surface area contributed by atoms with E-state index in [4.69, 9.17) is 15.2 Å². The quantitative estimate of drug-likeness (QED) is 0.479. The molecule has 1 heterocycles. The lowest BCUT2D eigenvalue weighted by Gasteiger charge is -2.03. The van der Waals surface area contributed by atoms with Crippen LogP contribution in [0.2, 0.25) is 0 Å². The van der Waals surface area contributed by atoms with Gasteiger partial charge in [-0.05, 0) is 37.1 Å². The molecule has 0 saturated heterocycles. The second-order valence-electron chi connectivity index (χ2n) is 4.58. The minimum Gasteiger partial charge on any atom is -0.461 e. The van der Waals surface area contributed by atoms with Crippen molar-refractivity contribution >= 4 is 11.7 Å². The van der Waals surface area contributed by atoms with Crippen LogP contribution < -0.4 is 5.73 Å². The second-order valence-corrected chi connectivity index (χ2v) is 4.58. The first-order valence-corrected chi connectivity index (χ1v) is 6.78. The molecule has 1 aromatic heterocycles. The fourth-order valence-corrected chi connectivity index (χ4v) is 1.83. The predicted octanol–water partition coefficient (Wildman–Crippen LogP) is 2.04. The number of ether oxygens (including phenoxy) is 2. The third-order valence-corrected chi connectivity index (χ3v) is 2.91. The number of esters is 1. The molecule has 0 atom stereocenters. The molecule has 112 valence electrons. The Labute approximate surface area is 123 Å². The van der Waals surface area contributed by atoms with Gasteiger partial charge >= 0.3 is 5.97 Å². The number of hydrogen-bond donors (Lipinski definition) is 1. The molecule has 0 unspecified atom stereocenters. The molecule has 2 aromatic rings. The van der Waals surface area contributed by atoms with Gasteiger partial charge in [-0.15, -0.1) is 0 Å². The van der Waals surface area contributed by atoms with Crippen molar-refractivity contribution in [3.8, 4) is 5.69 Å². The Kier molecular flexibility index (Phi) is 5.34. The summed E-state index contributed by atoms with van der Waals surface area (Å²) >= 11 is 0. The van der Waals surface area contributed by atoms with Crippen LogP contribution in [-0.2, 0) is 9.47 Å². The van der Waals surface area contributed by atoms with E-state index in [1.165, 1.54) is 0 Å². The molecule has 0 aliphatic heterocycles. The van der Waals surface area contributed by atoms with Gasteiger partial charge in [0, 0.05) is 25.6 Å². The maximum absolute atomic E-state index is 11.8. The normalized spacial score (nSPS) is 10.5. The van der Waals surface area contributed by atoms with E-state index in [-0.39, 0.29) is 5.69 Å². The van der Waals surface area contributed by atoms with Gasteiger partial charge < -0.3 is 15.2 Å². The molecule has 0 aliphatic carbocycles. The Morgan fingerprint density at radius 2 is 2.10 bits per heavy atom. The highest BCUT2D eigenvalue weighted by atomic mass is 16.5. The lowest BCUT2D eigenvalue weighted by molar-refractivity contribution is 0.0482. The molecule has 0 radical (unpaired) electrons. The van der Waals surface area contributed by atoms with Crippen molar-refractivity contribution in [3.63, 3.8) is 0 Å². The highest BCUT2D eigenvalue weighted by molar-refractivity contribution is 5.87. The van der Waals surface area contributed by atoms with Gasteiger partial charge in [0.25, 0.3) is 0 Å². The molecule has 21 heavy (non-hydrogen) atoms. The SMILES string of the molecule is COCCCCOC(=O)c1ccn(-c2cccc(N)c2)n1. The van der Waals surface area contributed by atoms with Gasteiger partial charge in [-0.3, -0.25) is 0 Å². The average molecular weight is 289 g/mol. The van der Waals surface area contributed by atoms with E-state index in [1.807, 2.05) is 12.1 Å². The monoisotopic (exact) mass is 289 g/mol. The largest absolute Gasteiger partial charge is 0.461 e. The van der Waals surface area contributed by atoms with Crippen LogP contribution in [0.15, 0.2) is 36.5 Å². The number of carbonyl (C=O) groups is 1. The highest BCUT2D eigenvalue weighted by Gasteiger charge is 2.11. The zero-order valence-electron chi connectivity index (χ0n) is 12.0. The van der Waals surface area contributed by atoms with Gasteiger partial charge in [-0.1, -0.05) is 6.07 Å². The summed E-state index contributed by atoms with van der Waals surface area (Å²) in [5, 5.41) is 4.20. The fraction of sp³-hybridized carbons (Fsp3) is 0.333. The summed E-state index contributed by atoms with van der Waals surface area (Å²) < 4.78 is 11.7. The van der Waals surface area contributed by atoms with Crippen molar-refractivity contribution in [2.75, 3.05) is 26.1 Å². The lowest BCUT2D eigenvalue weighted by Crippen LogP contribution is -2.08. The summed E-state index contributed by atoms with van der Waals surface area (Å²) in [6, 6.07) is 8.90. The summed E-state index contributed by atoms with van der Waals surface area (Å²) in [5.74, 6) is -0.421. The molecule has 0 spiro atoms. The van der Waals surface area contributed by atoms with Gasteiger partial charge in [0.15, 0.2) is 5.69 Å². The number of nitrogen functional groups attached to an aromatic ring is 1. The van der Waals surface area contributed by atoms with Crippen LogP contribution in [0.3, 0.4) is 0 Å². The first kappa shape index (κ1) is 15.1. The smallest absolute Gasteiger partial charge is 0.358 e. The van der Waals surface area contributed by atoms with E-state index in [2.05, 4.69) is 5.10 Å². The first-order valence-electron chi connectivity index (χ1n) is 6.78. The molecule has 2 N–H and O–H groups in total. The average Bonchev–Trinajstić information content (AvgIpc) is 2.97. The molecular formula is C15H19N3O3. The van der Waals surface area contributed by atoms with E-state index >= 15 is 0 Å². The first-order chi connectivity index (χ1) is 10.2. The van der Waals surface area contributed by atoms with Gasteiger partial charge in [0.05, 0.1) is 12.3 Å². The van der Waals surface area contributed by atoms with E-state index in [1.54, 1.807) is 36.2 Å².